The van der Waals surface area contributed by atoms with E-state index in [0.29, 0.717) is 12.5 Å². The molecule has 3 amide bonds. The summed E-state index contributed by atoms with van der Waals surface area (Å²) < 4.78 is 0. The Bertz CT molecular complexity index is 359. The molecular weight excluding hydrogens is 242 g/mol. The van der Waals surface area contributed by atoms with Gasteiger partial charge in [0.1, 0.15) is 0 Å². The Morgan fingerprint density at radius 1 is 1.11 bits per heavy atom. The van der Waals surface area contributed by atoms with Crippen LogP contribution in [-0.2, 0) is 4.79 Å². The van der Waals surface area contributed by atoms with Gasteiger partial charge in [0.05, 0.1) is 5.92 Å². The van der Waals surface area contributed by atoms with Gasteiger partial charge in [-0.2, -0.15) is 0 Å². The average Bonchev–Trinajstić information content (AvgIpc) is 2.38. The van der Waals surface area contributed by atoms with Gasteiger partial charge < -0.3 is 15.5 Å². The molecule has 19 heavy (non-hydrogen) atoms. The minimum atomic E-state index is -0.281. The first kappa shape index (κ1) is 14.2. The van der Waals surface area contributed by atoms with Crippen LogP contribution in [0.3, 0.4) is 0 Å². The van der Waals surface area contributed by atoms with Crippen molar-refractivity contribution in [2.24, 2.45) is 17.6 Å². The largest absolute Gasteiger partial charge is 0.369 e. The number of piperidine rings is 2. The first-order valence-corrected chi connectivity index (χ1v) is 7.34. The fourth-order valence-corrected chi connectivity index (χ4v) is 3.15. The molecule has 3 atom stereocenters. The van der Waals surface area contributed by atoms with Gasteiger partial charge in [-0.15, -0.1) is 0 Å². The van der Waals surface area contributed by atoms with Gasteiger partial charge in [-0.3, -0.25) is 4.79 Å². The number of rotatable bonds is 1. The quantitative estimate of drug-likeness (QED) is 0.781. The Morgan fingerprint density at radius 2 is 1.84 bits per heavy atom. The molecule has 108 valence electrons. The lowest BCUT2D eigenvalue weighted by Crippen LogP contribution is -2.54. The number of hydrogen-bond acceptors (Lipinski definition) is 2. The molecule has 5 heteroatoms. The fraction of sp³-hybridized carbons (Fsp3) is 0.857. The van der Waals surface area contributed by atoms with Gasteiger partial charge in [-0.25, -0.2) is 4.79 Å². The zero-order valence-corrected chi connectivity index (χ0v) is 12.0. The van der Waals surface area contributed by atoms with E-state index >= 15 is 0 Å². The third kappa shape index (κ3) is 3.19. The molecule has 2 heterocycles. The monoisotopic (exact) mass is 267 g/mol. The van der Waals surface area contributed by atoms with E-state index in [9.17, 15) is 9.59 Å². The molecular formula is C14H25N3O2. The van der Waals surface area contributed by atoms with Crippen LogP contribution in [0.15, 0.2) is 0 Å². The van der Waals surface area contributed by atoms with Gasteiger partial charge >= 0.3 is 6.03 Å². The number of nitrogens with zero attached hydrogens (tertiary/aromatic N) is 2. The van der Waals surface area contributed by atoms with E-state index in [1.54, 1.807) is 0 Å². The Hall–Kier alpha value is -1.26. The molecule has 0 saturated carbocycles. The molecule has 2 fully saturated rings. The van der Waals surface area contributed by atoms with Crippen molar-refractivity contribution in [1.82, 2.24) is 9.80 Å². The summed E-state index contributed by atoms with van der Waals surface area (Å²) in [5, 5.41) is 0. The lowest BCUT2D eigenvalue weighted by molar-refractivity contribution is -0.123. The van der Waals surface area contributed by atoms with E-state index in [4.69, 9.17) is 5.73 Å². The van der Waals surface area contributed by atoms with Crippen molar-refractivity contribution in [3.8, 4) is 0 Å². The summed E-state index contributed by atoms with van der Waals surface area (Å²) in [6.07, 6.45) is 3.94. The molecule has 2 aliphatic rings. The van der Waals surface area contributed by atoms with Gasteiger partial charge in [0.25, 0.3) is 0 Å². The van der Waals surface area contributed by atoms with E-state index in [2.05, 4.69) is 13.8 Å². The average molecular weight is 267 g/mol. The van der Waals surface area contributed by atoms with E-state index < -0.39 is 0 Å². The van der Waals surface area contributed by atoms with Crippen molar-refractivity contribution in [2.45, 2.75) is 45.6 Å². The molecule has 3 unspecified atom stereocenters. The molecule has 0 radical (unpaired) electrons. The maximum absolute atomic E-state index is 12.6. The Kier molecular flexibility index (Phi) is 4.32. The van der Waals surface area contributed by atoms with Gasteiger partial charge in [0.15, 0.2) is 0 Å². The molecule has 2 saturated heterocycles. The summed E-state index contributed by atoms with van der Waals surface area (Å²) in [6.45, 7) is 6.41. The first-order valence-electron chi connectivity index (χ1n) is 7.34. The molecule has 0 bridgehead atoms. The molecule has 2 N–H and O–H groups in total. The third-order valence-corrected chi connectivity index (χ3v) is 4.46. The van der Waals surface area contributed by atoms with Crippen LogP contribution in [-0.4, -0.2) is 47.4 Å². The van der Waals surface area contributed by atoms with Crippen molar-refractivity contribution >= 4 is 11.9 Å². The van der Waals surface area contributed by atoms with Crippen LogP contribution >= 0.6 is 0 Å². The van der Waals surface area contributed by atoms with E-state index in [-0.39, 0.29) is 23.9 Å². The third-order valence-electron chi connectivity index (χ3n) is 4.46. The summed E-state index contributed by atoms with van der Waals surface area (Å²) in [4.78, 5) is 27.7. The lowest BCUT2D eigenvalue weighted by Gasteiger charge is -2.41. The van der Waals surface area contributed by atoms with Crippen LogP contribution < -0.4 is 5.73 Å². The molecule has 0 spiro atoms. The minimum Gasteiger partial charge on any atom is -0.369 e. The molecule has 2 rings (SSSR count). The van der Waals surface area contributed by atoms with E-state index in [0.717, 1.165) is 32.4 Å². The van der Waals surface area contributed by atoms with Gasteiger partial charge in [0.2, 0.25) is 5.91 Å². The number of carbonyl (C=O) groups excluding carboxylic acids is 2. The highest BCUT2D eigenvalue weighted by Gasteiger charge is 2.34. The maximum Gasteiger partial charge on any atom is 0.320 e. The van der Waals surface area contributed by atoms with Crippen LogP contribution in [0.25, 0.3) is 0 Å². The zero-order chi connectivity index (χ0) is 14.0. The van der Waals surface area contributed by atoms with Gasteiger partial charge in [-0.05, 0) is 38.5 Å². The van der Waals surface area contributed by atoms with Crippen LogP contribution in [0.5, 0.6) is 0 Å². The lowest BCUT2D eigenvalue weighted by atomic mass is 9.93. The standard InChI is InChI=1S/C14H25N3O2/c1-10-4-3-7-16(8-10)14(19)17-9-12(13(15)18)6-5-11(17)2/h10-12H,3-9H2,1-2H3,(H2,15,18). The highest BCUT2D eigenvalue weighted by Crippen LogP contribution is 2.25. The molecule has 0 aromatic rings. The number of urea groups is 1. The second kappa shape index (κ2) is 5.80. The zero-order valence-electron chi connectivity index (χ0n) is 12.0. The number of carbonyl (C=O) groups is 2. The Balaban J connectivity index is 2.01. The Morgan fingerprint density at radius 3 is 2.47 bits per heavy atom. The number of likely N-dealkylation sites (tertiary alicyclic amines) is 2. The number of amides is 3. The molecule has 5 nitrogen and oxygen atoms in total. The van der Waals surface area contributed by atoms with Gasteiger partial charge in [0, 0.05) is 25.7 Å². The second-order valence-corrected chi connectivity index (χ2v) is 6.15. The van der Waals surface area contributed by atoms with Crippen molar-refractivity contribution in [3.05, 3.63) is 0 Å². The minimum absolute atomic E-state index is 0.0880. The summed E-state index contributed by atoms with van der Waals surface area (Å²) in [5.41, 5.74) is 5.39. The smallest absolute Gasteiger partial charge is 0.320 e. The van der Waals surface area contributed by atoms with Crippen LogP contribution in [0.2, 0.25) is 0 Å². The highest BCUT2D eigenvalue weighted by atomic mass is 16.2. The predicted octanol–water partition coefficient (Wildman–Crippen LogP) is 1.42. The topological polar surface area (TPSA) is 66.6 Å². The van der Waals surface area contributed by atoms with Crippen molar-refractivity contribution in [2.75, 3.05) is 19.6 Å². The second-order valence-electron chi connectivity index (χ2n) is 6.15. The maximum atomic E-state index is 12.6. The number of primary amides is 1. The number of hydrogen-bond donors (Lipinski definition) is 1. The molecule has 0 aliphatic carbocycles. The summed E-state index contributed by atoms with van der Waals surface area (Å²) in [7, 11) is 0. The van der Waals surface area contributed by atoms with Crippen molar-refractivity contribution in [3.63, 3.8) is 0 Å². The normalized spacial score (nSPS) is 32.2. The molecule has 0 aromatic heterocycles. The predicted molar refractivity (Wildman–Crippen MR) is 73.5 cm³/mol. The summed E-state index contributed by atoms with van der Waals surface area (Å²) in [5.74, 6) is 0.115. The van der Waals surface area contributed by atoms with E-state index in [1.165, 1.54) is 6.42 Å². The van der Waals surface area contributed by atoms with Crippen molar-refractivity contribution in [1.29, 1.82) is 0 Å². The Labute approximate surface area is 115 Å². The molecule has 2 aliphatic heterocycles. The number of nitrogens with two attached hydrogens (primary N) is 1. The summed E-state index contributed by atoms with van der Waals surface area (Å²) >= 11 is 0. The van der Waals surface area contributed by atoms with E-state index in [1.807, 2.05) is 9.80 Å². The fourth-order valence-electron chi connectivity index (χ4n) is 3.15. The SMILES string of the molecule is CC1CCCN(C(=O)N2CC(C(N)=O)CCC2C)C1. The summed E-state index contributed by atoms with van der Waals surface area (Å²) in [6, 6.07) is 0.297. The van der Waals surface area contributed by atoms with Gasteiger partial charge in [-0.1, -0.05) is 6.92 Å². The van der Waals surface area contributed by atoms with Crippen molar-refractivity contribution < 1.29 is 9.59 Å². The molecule has 0 aromatic carbocycles. The van der Waals surface area contributed by atoms with Crippen LogP contribution in [0.1, 0.15) is 39.5 Å². The highest BCUT2D eigenvalue weighted by molar-refractivity contribution is 5.79. The van der Waals surface area contributed by atoms with Crippen LogP contribution in [0.4, 0.5) is 4.79 Å². The first-order chi connectivity index (χ1) is 8.99. The van der Waals surface area contributed by atoms with Crippen LogP contribution in [0, 0.1) is 11.8 Å².